The van der Waals surface area contributed by atoms with Crippen molar-refractivity contribution in [2.45, 2.75) is 31.8 Å². The maximum absolute atomic E-state index is 11.1. The molecular weight excluding hydrogens is 170 g/mol. The van der Waals surface area contributed by atoms with Crippen LogP contribution < -0.4 is 16.4 Å². The lowest BCUT2D eigenvalue weighted by molar-refractivity contribution is -0.126. The van der Waals surface area contributed by atoms with Gasteiger partial charge < -0.3 is 16.4 Å². The molecule has 0 aromatic heterocycles. The van der Waals surface area contributed by atoms with Crippen LogP contribution in [0.5, 0.6) is 0 Å². The van der Waals surface area contributed by atoms with Gasteiger partial charge in [0.05, 0.1) is 12.6 Å². The van der Waals surface area contributed by atoms with Crippen molar-refractivity contribution in [3.8, 4) is 0 Å². The van der Waals surface area contributed by atoms with Gasteiger partial charge in [-0.3, -0.25) is 9.59 Å². The van der Waals surface area contributed by atoms with E-state index in [2.05, 4.69) is 10.6 Å². The van der Waals surface area contributed by atoms with Gasteiger partial charge >= 0.3 is 0 Å². The molecule has 0 spiro atoms. The molecule has 1 rings (SSSR count). The van der Waals surface area contributed by atoms with E-state index in [0.717, 1.165) is 12.8 Å². The molecule has 5 heteroatoms. The maximum atomic E-state index is 11.1. The minimum atomic E-state index is -0.561. The zero-order valence-corrected chi connectivity index (χ0v) is 7.67. The molecule has 0 aromatic carbocycles. The van der Waals surface area contributed by atoms with Crippen molar-refractivity contribution in [3.05, 3.63) is 0 Å². The number of nitrogens with one attached hydrogen (secondary N) is 2. The first-order valence-electron chi connectivity index (χ1n) is 4.42. The SMILES string of the molecule is C[C@@H](N)C(=O)NCC(=O)NC1CC1. The Morgan fingerprint density at radius 2 is 2.15 bits per heavy atom. The van der Waals surface area contributed by atoms with Crippen molar-refractivity contribution in [3.63, 3.8) is 0 Å². The van der Waals surface area contributed by atoms with Crippen LogP contribution >= 0.6 is 0 Å². The molecule has 0 heterocycles. The molecule has 1 aliphatic carbocycles. The summed E-state index contributed by atoms with van der Waals surface area (Å²) in [6.07, 6.45) is 2.10. The average molecular weight is 185 g/mol. The molecule has 0 aliphatic heterocycles. The molecule has 5 nitrogen and oxygen atoms in total. The van der Waals surface area contributed by atoms with Gasteiger partial charge in [-0.05, 0) is 19.8 Å². The van der Waals surface area contributed by atoms with E-state index in [4.69, 9.17) is 5.73 Å². The van der Waals surface area contributed by atoms with Crippen LogP contribution in [0, 0.1) is 0 Å². The van der Waals surface area contributed by atoms with Gasteiger partial charge in [-0.25, -0.2) is 0 Å². The van der Waals surface area contributed by atoms with Crippen molar-refractivity contribution in [1.29, 1.82) is 0 Å². The van der Waals surface area contributed by atoms with E-state index in [0.29, 0.717) is 6.04 Å². The molecule has 0 radical (unpaired) electrons. The van der Waals surface area contributed by atoms with E-state index in [-0.39, 0.29) is 18.4 Å². The Labute approximate surface area is 77.1 Å². The smallest absolute Gasteiger partial charge is 0.239 e. The summed E-state index contributed by atoms with van der Waals surface area (Å²) < 4.78 is 0. The van der Waals surface area contributed by atoms with Gasteiger partial charge in [-0.15, -0.1) is 0 Å². The Hall–Kier alpha value is -1.10. The Kier molecular flexibility index (Phi) is 3.25. The Morgan fingerprint density at radius 1 is 1.54 bits per heavy atom. The maximum Gasteiger partial charge on any atom is 0.239 e. The third kappa shape index (κ3) is 3.89. The van der Waals surface area contributed by atoms with Gasteiger partial charge in [0, 0.05) is 6.04 Å². The van der Waals surface area contributed by atoms with Gasteiger partial charge in [0.2, 0.25) is 11.8 Å². The number of amides is 2. The lowest BCUT2D eigenvalue weighted by Gasteiger charge is -2.07. The largest absolute Gasteiger partial charge is 0.352 e. The van der Waals surface area contributed by atoms with Crippen LogP contribution in [0.25, 0.3) is 0 Å². The minimum absolute atomic E-state index is 0.0247. The molecule has 0 bridgehead atoms. The van der Waals surface area contributed by atoms with Crippen molar-refractivity contribution in [2.24, 2.45) is 5.73 Å². The third-order valence-corrected chi connectivity index (χ3v) is 1.78. The monoisotopic (exact) mass is 185 g/mol. The fourth-order valence-electron chi connectivity index (χ4n) is 0.835. The van der Waals surface area contributed by atoms with Crippen LogP contribution in [0.1, 0.15) is 19.8 Å². The summed E-state index contributed by atoms with van der Waals surface area (Å²) in [5.41, 5.74) is 5.29. The highest BCUT2D eigenvalue weighted by atomic mass is 16.2. The molecule has 4 N–H and O–H groups in total. The van der Waals surface area contributed by atoms with E-state index in [1.54, 1.807) is 6.92 Å². The van der Waals surface area contributed by atoms with Crippen LogP contribution in [0.2, 0.25) is 0 Å². The van der Waals surface area contributed by atoms with Gasteiger partial charge in [0.1, 0.15) is 0 Å². The highest BCUT2D eigenvalue weighted by Gasteiger charge is 2.23. The number of hydrogen-bond donors (Lipinski definition) is 3. The Bertz CT molecular complexity index is 211. The fraction of sp³-hybridized carbons (Fsp3) is 0.750. The minimum Gasteiger partial charge on any atom is -0.352 e. The number of rotatable bonds is 4. The van der Waals surface area contributed by atoms with Gasteiger partial charge in [0.15, 0.2) is 0 Å². The topological polar surface area (TPSA) is 84.2 Å². The lowest BCUT2D eigenvalue weighted by Crippen LogP contribution is -2.43. The second-order valence-corrected chi connectivity index (χ2v) is 3.35. The molecule has 0 aromatic rings. The highest BCUT2D eigenvalue weighted by Crippen LogP contribution is 2.17. The molecule has 1 saturated carbocycles. The molecule has 0 unspecified atom stereocenters. The average Bonchev–Trinajstić information content (AvgIpc) is 2.83. The fourth-order valence-corrected chi connectivity index (χ4v) is 0.835. The molecule has 74 valence electrons. The van der Waals surface area contributed by atoms with Gasteiger partial charge in [-0.1, -0.05) is 0 Å². The molecule has 1 fully saturated rings. The van der Waals surface area contributed by atoms with Crippen molar-refractivity contribution < 1.29 is 9.59 Å². The van der Waals surface area contributed by atoms with E-state index in [9.17, 15) is 9.59 Å². The summed E-state index contributed by atoms with van der Waals surface area (Å²) in [5.74, 6) is -0.442. The predicted octanol–water partition coefficient (Wildman–Crippen LogP) is -1.27. The summed E-state index contributed by atoms with van der Waals surface area (Å²) in [5, 5.41) is 5.19. The third-order valence-electron chi connectivity index (χ3n) is 1.78. The van der Waals surface area contributed by atoms with Crippen LogP contribution in [0.15, 0.2) is 0 Å². The number of nitrogens with two attached hydrogens (primary N) is 1. The first-order chi connectivity index (χ1) is 6.09. The first-order valence-corrected chi connectivity index (χ1v) is 4.42. The van der Waals surface area contributed by atoms with Crippen LogP contribution in [-0.2, 0) is 9.59 Å². The summed E-state index contributed by atoms with van der Waals surface area (Å²) in [4.78, 5) is 22.0. The first kappa shape index (κ1) is 9.98. The number of carbonyl (C=O) groups excluding carboxylic acids is 2. The Morgan fingerprint density at radius 3 is 2.62 bits per heavy atom. The second kappa shape index (κ2) is 4.23. The summed E-state index contributed by atoms with van der Waals surface area (Å²) >= 11 is 0. The zero-order valence-electron chi connectivity index (χ0n) is 7.67. The summed E-state index contributed by atoms with van der Waals surface area (Å²) in [7, 11) is 0. The van der Waals surface area contributed by atoms with E-state index >= 15 is 0 Å². The standard InChI is InChI=1S/C8H15N3O2/c1-5(9)8(13)10-4-7(12)11-6-2-3-6/h5-6H,2-4,9H2,1H3,(H,10,13)(H,11,12)/t5-/m1/s1. The lowest BCUT2D eigenvalue weighted by atomic mass is 10.3. The molecular formula is C8H15N3O2. The normalized spacial score (nSPS) is 17.7. The van der Waals surface area contributed by atoms with Crippen molar-refractivity contribution in [2.75, 3.05) is 6.54 Å². The van der Waals surface area contributed by atoms with Crippen LogP contribution in [0.4, 0.5) is 0 Å². The van der Waals surface area contributed by atoms with Crippen molar-refractivity contribution >= 4 is 11.8 Å². The van der Waals surface area contributed by atoms with Crippen molar-refractivity contribution in [1.82, 2.24) is 10.6 Å². The second-order valence-electron chi connectivity index (χ2n) is 3.35. The predicted molar refractivity (Wildman–Crippen MR) is 47.8 cm³/mol. The highest BCUT2D eigenvalue weighted by molar-refractivity contribution is 5.87. The zero-order chi connectivity index (χ0) is 9.84. The van der Waals surface area contributed by atoms with Crippen LogP contribution in [0.3, 0.4) is 0 Å². The molecule has 13 heavy (non-hydrogen) atoms. The molecule has 1 atom stereocenters. The van der Waals surface area contributed by atoms with E-state index in [1.807, 2.05) is 0 Å². The number of carbonyl (C=O) groups is 2. The van der Waals surface area contributed by atoms with E-state index in [1.165, 1.54) is 0 Å². The number of hydrogen-bond acceptors (Lipinski definition) is 3. The molecule has 1 aliphatic rings. The van der Waals surface area contributed by atoms with E-state index < -0.39 is 6.04 Å². The van der Waals surface area contributed by atoms with Gasteiger partial charge in [-0.2, -0.15) is 0 Å². The molecule has 0 saturated heterocycles. The Balaban J connectivity index is 2.09. The summed E-state index contributed by atoms with van der Waals surface area (Å²) in [6.45, 7) is 1.60. The van der Waals surface area contributed by atoms with Gasteiger partial charge in [0.25, 0.3) is 0 Å². The summed E-state index contributed by atoms with van der Waals surface area (Å²) in [6, 6.07) is -0.228. The van der Waals surface area contributed by atoms with Crippen LogP contribution in [-0.4, -0.2) is 30.4 Å². The molecule has 2 amide bonds. The quantitative estimate of drug-likeness (QED) is 0.510.